The molecule has 3 N–H and O–H groups in total. The Morgan fingerprint density at radius 3 is 2.59 bits per heavy atom. The van der Waals surface area contributed by atoms with Crippen LogP contribution < -0.4 is 25.9 Å². The summed E-state index contributed by atoms with van der Waals surface area (Å²) in [5.41, 5.74) is 6.92. The second-order valence-electron chi connectivity index (χ2n) is 6.49. The van der Waals surface area contributed by atoms with E-state index in [1.807, 2.05) is 5.38 Å². The third-order valence-electron chi connectivity index (χ3n) is 4.49. The predicted octanol–water partition coefficient (Wildman–Crippen LogP) is 2.04. The van der Waals surface area contributed by atoms with Crippen LogP contribution in [0.1, 0.15) is 26.5 Å². The molecule has 162 valence electrons. The number of nitrogens with zero attached hydrogens (tertiary/aromatic N) is 2. The maximum atomic E-state index is 12.5. The third-order valence-corrected chi connectivity index (χ3v) is 5.12. The normalized spacial score (nSPS) is 10.5. The molecule has 4 rings (SSSR count). The van der Waals surface area contributed by atoms with E-state index >= 15 is 0 Å². The van der Waals surface area contributed by atoms with Crippen molar-refractivity contribution in [2.24, 2.45) is 0 Å². The number of rotatable bonds is 6. The zero-order valence-electron chi connectivity index (χ0n) is 16.7. The quantitative estimate of drug-likeness (QED) is 0.382. The molecule has 0 spiro atoms. The molecule has 0 saturated heterocycles. The van der Waals surface area contributed by atoms with Gasteiger partial charge >= 0.3 is 0 Å². The number of aromatic amines is 1. The first-order chi connectivity index (χ1) is 15.6. The molecule has 0 bridgehead atoms. The number of fused-ring (bicyclic) bond motifs is 1. The molecule has 2 heterocycles. The number of carbonyl (C=O) groups is 2. The molecule has 10 nitrogen and oxygen atoms in total. The lowest BCUT2D eigenvalue weighted by Crippen LogP contribution is -2.42. The minimum atomic E-state index is -0.680. The second kappa shape index (κ2) is 9.27. The van der Waals surface area contributed by atoms with Gasteiger partial charge in [0.2, 0.25) is 0 Å². The number of ether oxygens (including phenoxy) is 2. The summed E-state index contributed by atoms with van der Waals surface area (Å²) in [6.07, 6.45) is 0. The smallest absolute Gasteiger partial charge is 0.290 e. The van der Waals surface area contributed by atoms with Crippen LogP contribution in [-0.4, -0.2) is 34.1 Å². The van der Waals surface area contributed by atoms with Crippen molar-refractivity contribution in [3.05, 3.63) is 80.7 Å². The van der Waals surface area contributed by atoms with E-state index < -0.39 is 17.4 Å². The molecule has 4 aromatic rings. The minimum Gasteiger partial charge on any atom is -0.493 e. The highest BCUT2D eigenvalue weighted by atomic mass is 32.1. The predicted molar refractivity (Wildman–Crippen MR) is 117 cm³/mol. The average Bonchev–Trinajstić information content (AvgIpc) is 3.35. The highest BCUT2D eigenvalue weighted by Crippen LogP contribution is 2.28. The molecule has 0 saturated carbocycles. The molecular weight excluding hydrogens is 434 g/mol. The van der Waals surface area contributed by atoms with E-state index in [2.05, 4.69) is 26.0 Å². The Labute approximate surface area is 185 Å². The highest BCUT2D eigenvalue weighted by molar-refractivity contribution is 7.07. The molecule has 0 fully saturated rings. The Kier molecular flexibility index (Phi) is 6.08. The van der Waals surface area contributed by atoms with Gasteiger partial charge in [-0.15, -0.1) is 11.3 Å². The maximum Gasteiger partial charge on any atom is 0.290 e. The van der Waals surface area contributed by atoms with Crippen molar-refractivity contribution in [3.8, 4) is 11.5 Å². The van der Waals surface area contributed by atoms with Gasteiger partial charge in [-0.25, -0.2) is 10.1 Å². The number of hydrogen-bond donors (Lipinski definition) is 3. The summed E-state index contributed by atoms with van der Waals surface area (Å²) < 4.78 is 11.0. The Morgan fingerprint density at radius 1 is 1.06 bits per heavy atom. The molecule has 0 aliphatic heterocycles. The van der Waals surface area contributed by atoms with Crippen molar-refractivity contribution in [1.29, 1.82) is 0 Å². The van der Waals surface area contributed by atoms with E-state index in [9.17, 15) is 14.4 Å². The largest absolute Gasteiger partial charge is 0.493 e. The standard InChI is InChI=1S/C21H17N5O5S/c1-30-17-8-12(6-7-16(17)31-9-13-10-32-11-22-13)19(27)24-26-21(29)18-14-4-2-3-5-15(14)20(28)25-23-18/h2-8,10-11H,9H2,1H3,(H,24,27)(H,25,28)(H,26,29). The number of methoxy groups -OCH3 is 1. The number of amides is 2. The van der Waals surface area contributed by atoms with Crippen LogP contribution in [0.25, 0.3) is 10.8 Å². The Morgan fingerprint density at radius 2 is 1.84 bits per heavy atom. The average molecular weight is 451 g/mol. The van der Waals surface area contributed by atoms with Crippen molar-refractivity contribution in [1.82, 2.24) is 26.0 Å². The summed E-state index contributed by atoms with van der Waals surface area (Å²) in [6, 6.07) is 11.2. The van der Waals surface area contributed by atoms with Crippen LogP contribution in [0.15, 0.2) is 58.1 Å². The first-order valence-electron chi connectivity index (χ1n) is 9.33. The van der Waals surface area contributed by atoms with Crippen LogP contribution in [0.5, 0.6) is 11.5 Å². The van der Waals surface area contributed by atoms with Gasteiger partial charge in [0.25, 0.3) is 17.4 Å². The van der Waals surface area contributed by atoms with Crippen LogP contribution in [0.4, 0.5) is 0 Å². The van der Waals surface area contributed by atoms with Crippen molar-refractivity contribution in [2.45, 2.75) is 6.61 Å². The number of aromatic nitrogens is 3. The molecule has 32 heavy (non-hydrogen) atoms. The van der Waals surface area contributed by atoms with Crippen molar-refractivity contribution >= 4 is 33.9 Å². The fraction of sp³-hybridized carbons (Fsp3) is 0.0952. The van der Waals surface area contributed by atoms with Gasteiger partial charge < -0.3 is 9.47 Å². The number of hydrogen-bond acceptors (Lipinski definition) is 8. The van der Waals surface area contributed by atoms with Gasteiger partial charge in [0, 0.05) is 16.3 Å². The van der Waals surface area contributed by atoms with Crippen LogP contribution in [0, 0.1) is 0 Å². The fourth-order valence-corrected chi connectivity index (χ4v) is 3.46. The zero-order chi connectivity index (χ0) is 22.5. The Bertz CT molecular complexity index is 1340. The van der Waals surface area contributed by atoms with E-state index in [1.165, 1.54) is 30.6 Å². The SMILES string of the molecule is COc1cc(C(=O)NNC(=O)c2n[nH]c(=O)c3ccccc23)ccc1OCc1cscn1. The number of H-pyrrole nitrogens is 1. The van der Waals surface area contributed by atoms with Gasteiger partial charge in [-0.3, -0.25) is 25.2 Å². The number of thiazole rings is 1. The number of benzene rings is 2. The molecule has 0 atom stereocenters. The van der Waals surface area contributed by atoms with Gasteiger partial charge in [-0.2, -0.15) is 5.10 Å². The van der Waals surface area contributed by atoms with Crippen molar-refractivity contribution in [2.75, 3.05) is 7.11 Å². The molecular formula is C21H17N5O5S. The fourth-order valence-electron chi connectivity index (χ4n) is 2.92. The molecule has 11 heteroatoms. The summed E-state index contributed by atoms with van der Waals surface area (Å²) >= 11 is 1.47. The lowest BCUT2D eigenvalue weighted by molar-refractivity contribution is 0.0844. The van der Waals surface area contributed by atoms with Crippen LogP contribution in [-0.2, 0) is 6.61 Å². The first kappa shape index (κ1) is 21.0. The third kappa shape index (κ3) is 4.42. The Balaban J connectivity index is 1.44. The molecule has 2 aromatic carbocycles. The van der Waals surface area contributed by atoms with E-state index in [0.717, 1.165) is 5.69 Å². The monoisotopic (exact) mass is 451 g/mol. The van der Waals surface area contributed by atoms with E-state index in [-0.39, 0.29) is 17.9 Å². The van der Waals surface area contributed by atoms with Crippen LogP contribution in [0.2, 0.25) is 0 Å². The van der Waals surface area contributed by atoms with E-state index in [0.29, 0.717) is 22.3 Å². The van der Waals surface area contributed by atoms with Gasteiger partial charge in [-0.1, -0.05) is 18.2 Å². The summed E-state index contributed by atoms with van der Waals surface area (Å²) in [4.78, 5) is 41.0. The first-order valence-corrected chi connectivity index (χ1v) is 10.3. The molecule has 0 aliphatic rings. The number of carbonyl (C=O) groups excluding carboxylic acids is 2. The maximum absolute atomic E-state index is 12.5. The second-order valence-corrected chi connectivity index (χ2v) is 7.21. The summed E-state index contributed by atoms with van der Waals surface area (Å²) in [5.74, 6) is -0.449. The van der Waals surface area contributed by atoms with Gasteiger partial charge in [-0.05, 0) is 24.3 Å². The van der Waals surface area contributed by atoms with Crippen LogP contribution in [0.3, 0.4) is 0 Å². The molecule has 0 unspecified atom stereocenters. The van der Waals surface area contributed by atoms with Gasteiger partial charge in [0.15, 0.2) is 17.2 Å². The van der Waals surface area contributed by atoms with Crippen molar-refractivity contribution < 1.29 is 19.1 Å². The molecule has 0 radical (unpaired) electrons. The number of hydrazine groups is 1. The van der Waals surface area contributed by atoms with E-state index in [1.54, 1.807) is 35.8 Å². The Hall–Kier alpha value is -4.25. The van der Waals surface area contributed by atoms with Crippen molar-refractivity contribution in [3.63, 3.8) is 0 Å². The summed E-state index contributed by atoms with van der Waals surface area (Å²) in [5, 5.41) is 8.62. The number of nitrogens with one attached hydrogen (secondary N) is 3. The minimum absolute atomic E-state index is 0.0242. The van der Waals surface area contributed by atoms with Gasteiger partial charge in [0.1, 0.15) is 6.61 Å². The van der Waals surface area contributed by atoms with Crippen LogP contribution >= 0.6 is 11.3 Å². The van der Waals surface area contributed by atoms with Gasteiger partial charge in [0.05, 0.1) is 23.7 Å². The summed E-state index contributed by atoms with van der Waals surface area (Å²) in [6.45, 7) is 0.265. The summed E-state index contributed by atoms with van der Waals surface area (Å²) in [7, 11) is 1.46. The lowest BCUT2D eigenvalue weighted by Gasteiger charge is -2.12. The zero-order valence-corrected chi connectivity index (χ0v) is 17.6. The molecule has 2 aromatic heterocycles. The lowest BCUT2D eigenvalue weighted by atomic mass is 10.1. The molecule has 0 aliphatic carbocycles. The molecule has 2 amide bonds. The topological polar surface area (TPSA) is 135 Å². The highest BCUT2D eigenvalue weighted by Gasteiger charge is 2.16. The van der Waals surface area contributed by atoms with E-state index in [4.69, 9.17) is 9.47 Å².